The smallest absolute Gasteiger partial charge is 0.407 e. The molecule has 122 valence electrons. The molecule has 0 atom stereocenters. The van der Waals surface area contributed by atoms with Crippen LogP contribution in [0.2, 0.25) is 0 Å². The molecule has 0 radical (unpaired) electrons. The van der Waals surface area contributed by atoms with Crippen molar-refractivity contribution < 1.29 is 9.53 Å². The summed E-state index contributed by atoms with van der Waals surface area (Å²) in [5.74, 6) is 0. The van der Waals surface area contributed by atoms with Gasteiger partial charge in [-0.3, -0.25) is 4.98 Å². The van der Waals surface area contributed by atoms with Gasteiger partial charge in [-0.1, -0.05) is 0 Å². The summed E-state index contributed by atoms with van der Waals surface area (Å²) in [4.78, 5) is 15.8. The van der Waals surface area contributed by atoms with E-state index in [9.17, 15) is 4.79 Å². The predicted octanol–water partition coefficient (Wildman–Crippen LogP) is 3.01. The normalized spacial score (nSPS) is 22.1. The van der Waals surface area contributed by atoms with Crippen LogP contribution in [0.15, 0.2) is 24.5 Å². The SMILES string of the molecule is CC(C)(C)OC(=O)NC1CCC(NCc2ccncc2)CC1. The summed E-state index contributed by atoms with van der Waals surface area (Å²) < 4.78 is 5.30. The molecule has 5 heteroatoms. The number of ether oxygens (including phenoxy) is 1. The van der Waals surface area contributed by atoms with Gasteiger partial charge in [0.05, 0.1) is 0 Å². The molecule has 1 aromatic heterocycles. The molecule has 0 unspecified atom stereocenters. The first-order valence-electron chi connectivity index (χ1n) is 8.04. The summed E-state index contributed by atoms with van der Waals surface area (Å²) in [6.45, 7) is 6.52. The second-order valence-corrected chi connectivity index (χ2v) is 6.93. The van der Waals surface area contributed by atoms with Gasteiger partial charge in [-0.25, -0.2) is 4.79 Å². The summed E-state index contributed by atoms with van der Waals surface area (Å²) in [7, 11) is 0. The third-order valence-electron chi connectivity index (χ3n) is 3.79. The summed E-state index contributed by atoms with van der Waals surface area (Å²) in [5, 5.41) is 6.55. The first-order chi connectivity index (χ1) is 10.4. The van der Waals surface area contributed by atoms with Gasteiger partial charge in [-0.2, -0.15) is 0 Å². The van der Waals surface area contributed by atoms with Crippen LogP contribution >= 0.6 is 0 Å². The molecular weight excluding hydrogens is 278 g/mol. The molecule has 0 spiro atoms. The molecule has 1 aromatic rings. The van der Waals surface area contributed by atoms with E-state index in [4.69, 9.17) is 4.74 Å². The third-order valence-corrected chi connectivity index (χ3v) is 3.79. The summed E-state index contributed by atoms with van der Waals surface area (Å²) in [6, 6.07) is 4.81. The van der Waals surface area contributed by atoms with Crippen LogP contribution in [0, 0.1) is 0 Å². The number of rotatable bonds is 4. The topological polar surface area (TPSA) is 63.2 Å². The van der Waals surface area contributed by atoms with E-state index in [1.54, 1.807) is 0 Å². The number of nitrogens with zero attached hydrogens (tertiary/aromatic N) is 1. The van der Waals surface area contributed by atoms with Crippen molar-refractivity contribution in [3.63, 3.8) is 0 Å². The fraction of sp³-hybridized carbons (Fsp3) is 0.647. The van der Waals surface area contributed by atoms with Gasteiger partial charge >= 0.3 is 6.09 Å². The first kappa shape index (κ1) is 16.7. The minimum absolute atomic E-state index is 0.230. The number of carbonyl (C=O) groups is 1. The monoisotopic (exact) mass is 305 g/mol. The molecular formula is C17H27N3O2. The molecule has 2 rings (SSSR count). The van der Waals surface area contributed by atoms with Crippen LogP contribution in [-0.2, 0) is 11.3 Å². The van der Waals surface area contributed by atoms with Gasteiger partial charge < -0.3 is 15.4 Å². The number of pyridine rings is 1. The van der Waals surface area contributed by atoms with Crippen molar-refractivity contribution in [3.8, 4) is 0 Å². The molecule has 22 heavy (non-hydrogen) atoms. The minimum atomic E-state index is -0.437. The average Bonchev–Trinajstić information content (AvgIpc) is 2.45. The van der Waals surface area contributed by atoms with Gasteiger partial charge in [-0.05, 0) is 64.2 Å². The maximum absolute atomic E-state index is 11.8. The summed E-state index contributed by atoms with van der Waals surface area (Å²) in [6.07, 6.45) is 7.47. The van der Waals surface area contributed by atoms with Gasteiger partial charge in [0, 0.05) is 31.0 Å². The van der Waals surface area contributed by atoms with Gasteiger partial charge in [-0.15, -0.1) is 0 Å². The van der Waals surface area contributed by atoms with E-state index < -0.39 is 5.60 Å². The molecule has 2 N–H and O–H groups in total. The van der Waals surface area contributed by atoms with Gasteiger partial charge in [0.1, 0.15) is 5.60 Å². The Balaban J connectivity index is 1.66. The largest absolute Gasteiger partial charge is 0.444 e. The minimum Gasteiger partial charge on any atom is -0.444 e. The Morgan fingerprint density at radius 3 is 2.36 bits per heavy atom. The maximum Gasteiger partial charge on any atom is 0.407 e. The van der Waals surface area contributed by atoms with E-state index in [1.807, 2.05) is 45.3 Å². The Kier molecular flexibility index (Phi) is 5.77. The average molecular weight is 305 g/mol. The van der Waals surface area contributed by atoms with E-state index >= 15 is 0 Å². The molecule has 0 bridgehead atoms. The van der Waals surface area contributed by atoms with E-state index in [0.29, 0.717) is 6.04 Å². The standard InChI is InChI=1S/C17H27N3O2/c1-17(2,3)22-16(21)20-15-6-4-14(5-7-15)19-12-13-8-10-18-11-9-13/h8-11,14-15,19H,4-7,12H2,1-3H3,(H,20,21). The van der Waals surface area contributed by atoms with E-state index in [2.05, 4.69) is 15.6 Å². The number of carbonyl (C=O) groups excluding carboxylic acids is 1. The quantitative estimate of drug-likeness (QED) is 0.897. The molecule has 1 aliphatic rings. The van der Waals surface area contributed by atoms with Gasteiger partial charge in [0.2, 0.25) is 0 Å². The van der Waals surface area contributed by atoms with Gasteiger partial charge in [0.25, 0.3) is 0 Å². The Morgan fingerprint density at radius 2 is 1.77 bits per heavy atom. The molecule has 0 aromatic carbocycles. The number of amides is 1. The Bertz CT molecular complexity index is 463. The zero-order valence-corrected chi connectivity index (χ0v) is 13.8. The highest BCUT2D eigenvalue weighted by Gasteiger charge is 2.24. The van der Waals surface area contributed by atoms with Crippen LogP contribution in [0.1, 0.15) is 52.0 Å². The number of hydrogen-bond donors (Lipinski definition) is 2. The molecule has 1 heterocycles. The van der Waals surface area contributed by atoms with Crippen LogP contribution in [0.4, 0.5) is 4.79 Å². The van der Waals surface area contributed by atoms with Crippen LogP contribution in [0.5, 0.6) is 0 Å². The molecule has 1 saturated carbocycles. The van der Waals surface area contributed by atoms with Crippen LogP contribution in [0.3, 0.4) is 0 Å². The zero-order valence-electron chi connectivity index (χ0n) is 13.8. The van der Waals surface area contributed by atoms with E-state index in [1.165, 1.54) is 5.56 Å². The third kappa shape index (κ3) is 6.02. The molecule has 1 fully saturated rings. The number of alkyl carbamates (subject to hydrolysis) is 1. The molecule has 1 aliphatic carbocycles. The fourth-order valence-corrected chi connectivity index (χ4v) is 2.68. The van der Waals surface area contributed by atoms with Crippen molar-refractivity contribution >= 4 is 6.09 Å². The number of aromatic nitrogens is 1. The molecule has 1 amide bonds. The second-order valence-electron chi connectivity index (χ2n) is 6.93. The Hall–Kier alpha value is -1.62. The van der Waals surface area contributed by atoms with Crippen molar-refractivity contribution in [2.75, 3.05) is 0 Å². The van der Waals surface area contributed by atoms with Crippen LogP contribution in [0.25, 0.3) is 0 Å². The van der Waals surface area contributed by atoms with E-state index in [0.717, 1.165) is 32.2 Å². The number of hydrogen-bond acceptors (Lipinski definition) is 4. The van der Waals surface area contributed by atoms with Crippen molar-refractivity contribution in [1.82, 2.24) is 15.6 Å². The van der Waals surface area contributed by atoms with Crippen LogP contribution in [-0.4, -0.2) is 28.8 Å². The lowest BCUT2D eigenvalue weighted by atomic mass is 9.91. The second kappa shape index (κ2) is 7.58. The van der Waals surface area contributed by atoms with Crippen LogP contribution < -0.4 is 10.6 Å². The highest BCUT2D eigenvalue weighted by atomic mass is 16.6. The number of nitrogens with one attached hydrogen (secondary N) is 2. The lowest BCUT2D eigenvalue weighted by Gasteiger charge is -2.30. The van der Waals surface area contributed by atoms with E-state index in [-0.39, 0.29) is 12.1 Å². The fourth-order valence-electron chi connectivity index (χ4n) is 2.68. The van der Waals surface area contributed by atoms with Crippen molar-refractivity contribution in [2.45, 2.75) is 70.7 Å². The van der Waals surface area contributed by atoms with Gasteiger partial charge in [0.15, 0.2) is 0 Å². The molecule has 0 saturated heterocycles. The summed E-state index contributed by atoms with van der Waals surface area (Å²) in [5.41, 5.74) is 0.817. The lowest BCUT2D eigenvalue weighted by Crippen LogP contribution is -2.43. The Labute approximate surface area is 132 Å². The predicted molar refractivity (Wildman–Crippen MR) is 86.5 cm³/mol. The highest BCUT2D eigenvalue weighted by molar-refractivity contribution is 5.68. The van der Waals surface area contributed by atoms with Crippen molar-refractivity contribution in [3.05, 3.63) is 30.1 Å². The zero-order chi connectivity index (χ0) is 16.0. The molecule has 5 nitrogen and oxygen atoms in total. The van der Waals surface area contributed by atoms with Crippen molar-refractivity contribution in [1.29, 1.82) is 0 Å². The summed E-state index contributed by atoms with van der Waals surface area (Å²) >= 11 is 0. The van der Waals surface area contributed by atoms with Crippen molar-refractivity contribution in [2.24, 2.45) is 0 Å². The maximum atomic E-state index is 11.8. The first-order valence-corrected chi connectivity index (χ1v) is 8.04. The lowest BCUT2D eigenvalue weighted by molar-refractivity contribution is 0.0490. The Morgan fingerprint density at radius 1 is 1.18 bits per heavy atom. The molecule has 0 aliphatic heterocycles. The highest BCUT2D eigenvalue weighted by Crippen LogP contribution is 2.19.